The van der Waals surface area contributed by atoms with Gasteiger partial charge in [0.15, 0.2) is 0 Å². The fraction of sp³-hybridized carbons (Fsp3) is 0.118. The van der Waals surface area contributed by atoms with Gasteiger partial charge in [-0.2, -0.15) is 0 Å². The highest BCUT2D eigenvalue weighted by Crippen LogP contribution is 2.36. The maximum atomic E-state index is 5.86. The van der Waals surface area contributed by atoms with Crippen LogP contribution in [0.1, 0.15) is 12.6 Å². The number of hydrogen-bond acceptors (Lipinski definition) is 3. The topological polar surface area (TPSA) is 38.9 Å². The number of aryl methyl sites for hydroxylation is 1. The van der Waals surface area contributed by atoms with Crippen LogP contribution in [0, 0.1) is 0 Å². The van der Waals surface area contributed by atoms with Gasteiger partial charge in [0.25, 0.3) is 0 Å². The first-order chi connectivity index (χ1) is 9.78. The van der Waals surface area contributed by atoms with Crippen molar-refractivity contribution in [3.63, 3.8) is 0 Å². The van der Waals surface area contributed by atoms with E-state index in [0.29, 0.717) is 0 Å². The van der Waals surface area contributed by atoms with Gasteiger partial charge in [0, 0.05) is 11.3 Å². The Morgan fingerprint density at radius 1 is 1.00 bits per heavy atom. The first-order valence-electron chi connectivity index (χ1n) is 6.69. The lowest BCUT2D eigenvalue weighted by Gasteiger charge is -1.98. The number of thiazole rings is 1. The van der Waals surface area contributed by atoms with Gasteiger partial charge in [-0.05, 0) is 24.1 Å². The molecule has 20 heavy (non-hydrogen) atoms. The highest BCUT2D eigenvalue weighted by atomic mass is 32.1. The van der Waals surface area contributed by atoms with E-state index in [1.807, 2.05) is 24.3 Å². The number of hydrogen-bond donors (Lipinski definition) is 1. The lowest BCUT2D eigenvalue weighted by Crippen LogP contribution is -1.86. The molecule has 1 heterocycles. The van der Waals surface area contributed by atoms with Gasteiger partial charge >= 0.3 is 0 Å². The maximum absolute atomic E-state index is 5.86. The number of aromatic nitrogens is 1. The van der Waals surface area contributed by atoms with Crippen LogP contribution in [0.15, 0.2) is 54.6 Å². The van der Waals surface area contributed by atoms with E-state index >= 15 is 0 Å². The van der Waals surface area contributed by atoms with E-state index in [9.17, 15) is 0 Å². The summed E-state index contributed by atoms with van der Waals surface area (Å²) in [5.74, 6) is 0. The molecular weight excluding hydrogens is 264 g/mol. The van der Waals surface area contributed by atoms with E-state index in [-0.39, 0.29) is 0 Å². The van der Waals surface area contributed by atoms with Gasteiger partial charge in [0.1, 0.15) is 5.01 Å². The Hall–Kier alpha value is -2.13. The molecule has 2 nitrogen and oxygen atoms in total. The largest absolute Gasteiger partial charge is 0.399 e. The van der Waals surface area contributed by atoms with Crippen molar-refractivity contribution in [3.05, 3.63) is 60.3 Å². The van der Waals surface area contributed by atoms with Gasteiger partial charge < -0.3 is 5.73 Å². The molecule has 0 amide bonds. The monoisotopic (exact) mass is 280 g/mol. The normalized spacial score (nSPS) is 10.7. The number of rotatable bonds is 3. The Kier molecular flexibility index (Phi) is 3.52. The summed E-state index contributed by atoms with van der Waals surface area (Å²) in [6, 6.07) is 18.3. The summed E-state index contributed by atoms with van der Waals surface area (Å²) in [4.78, 5) is 6.03. The second-order valence-electron chi connectivity index (χ2n) is 4.64. The van der Waals surface area contributed by atoms with E-state index in [1.54, 1.807) is 11.3 Å². The van der Waals surface area contributed by atoms with Gasteiger partial charge in [-0.25, -0.2) is 4.98 Å². The molecule has 3 aromatic rings. The molecule has 0 radical (unpaired) electrons. The summed E-state index contributed by atoms with van der Waals surface area (Å²) in [6.45, 7) is 2.14. The Bertz CT molecular complexity index is 717. The average Bonchev–Trinajstić information content (AvgIpc) is 2.92. The number of benzene rings is 2. The molecular formula is C17H16N2S. The fourth-order valence-electron chi connectivity index (χ4n) is 2.20. The summed E-state index contributed by atoms with van der Waals surface area (Å²) in [5, 5.41) is 1.04. The van der Waals surface area contributed by atoms with Crippen molar-refractivity contribution >= 4 is 17.0 Å². The molecule has 2 N–H and O–H groups in total. The zero-order chi connectivity index (χ0) is 13.9. The van der Waals surface area contributed by atoms with Crippen molar-refractivity contribution in [1.82, 2.24) is 4.98 Å². The SMILES string of the molecule is CCc1nc(-c2cccc(N)c2)sc1-c1ccccc1. The molecule has 0 aliphatic rings. The van der Waals surface area contributed by atoms with Crippen LogP contribution in [0.2, 0.25) is 0 Å². The van der Waals surface area contributed by atoms with Crippen LogP contribution in [-0.2, 0) is 6.42 Å². The number of nitrogen functional groups attached to an aromatic ring is 1. The van der Waals surface area contributed by atoms with Crippen LogP contribution < -0.4 is 5.73 Å². The summed E-state index contributed by atoms with van der Waals surface area (Å²) in [5.41, 5.74) is 10.1. The van der Waals surface area contributed by atoms with Crippen molar-refractivity contribution in [1.29, 1.82) is 0 Å². The summed E-state index contributed by atoms with van der Waals surface area (Å²) < 4.78 is 0. The standard InChI is InChI=1S/C17H16N2S/c1-2-15-16(12-7-4-3-5-8-12)20-17(19-15)13-9-6-10-14(18)11-13/h3-11H,2,18H2,1H3. The lowest BCUT2D eigenvalue weighted by molar-refractivity contribution is 1.07. The van der Waals surface area contributed by atoms with E-state index in [1.165, 1.54) is 10.4 Å². The highest BCUT2D eigenvalue weighted by molar-refractivity contribution is 7.18. The molecule has 3 heteroatoms. The van der Waals surface area contributed by atoms with Gasteiger partial charge in [-0.3, -0.25) is 0 Å². The zero-order valence-electron chi connectivity index (χ0n) is 11.3. The molecule has 0 aliphatic heterocycles. The van der Waals surface area contributed by atoms with Crippen LogP contribution in [0.5, 0.6) is 0 Å². The Morgan fingerprint density at radius 3 is 2.45 bits per heavy atom. The molecule has 0 saturated heterocycles. The Labute approximate surface area is 122 Å². The molecule has 100 valence electrons. The summed E-state index contributed by atoms with van der Waals surface area (Å²) in [7, 11) is 0. The second-order valence-corrected chi connectivity index (χ2v) is 5.64. The van der Waals surface area contributed by atoms with Crippen LogP contribution >= 0.6 is 11.3 Å². The van der Waals surface area contributed by atoms with Crippen LogP contribution in [0.4, 0.5) is 5.69 Å². The van der Waals surface area contributed by atoms with Crippen molar-refractivity contribution in [2.75, 3.05) is 5.73 Å². The molecule has 0 saturated carbocycles. The van der Waals surface area contributed by atoms with Crippen molar-refractivity contribution < 1.29 is 0 Å². The number of nitrogens with zero attached hydrogens (tertiary/aromatic N) is 1. The first-order valence-corrected chi connectivity index (χ1v) is 7.50. The molecule has 0 unspecified atom stereocenters. The third kappa shape index (κ3) is 2.45. The third-order valence-corrected chi connectivity index (χ3v) is 4.40. The molecule has 0 fully saturated rings. The van der Waals surface area contributed by atoms with Crippen LogP contribution in [-0.4, -0.2) is 4.98 Å². The minimum absolute atomic E-state index is 0.775. The minimum Gasteiger partial charge on any atom is -0.399 e. The second kappa shape index (κ2) is 5.47. The Morgan fingerprint density at radius 2 is 1.75 bits per heavy atom. The summed E-state index contributed by atoms with van der Waals surface area (Å²) in [6.07, 6.45) is 0.934. The predicted molar refractivity (Wildman–Crippen MR) is 86.8 cm³/mol. The lowest BCUT2D eigenvalue weighted by atomic mass is 10.1. The number of nitrogens with two attached hydrogens (primary N) is 1. The van der Waals surface area contributed by atoms with Crippen LogP contribution in [0.3, 0.4) is 0 Å². The Balaban J connectivity index is 2.10. The highest BCUT2D eigenvalue weighted by Gasteiger charge is 2.12. The smallest absolute Gasteiger partial charge is 0.124 e. The average molecular weight is 280 g/mol. The molecule has 0 bridgehead atoms. The van der Waals surface area contributed by atoms with E-state index in [2.05, 4.69) is 37.3 Å². The predicted octanol–water partition coefficient (Wildman–Crippen LogP) is 4.62. The van der Waals surface area contributed by atoms with Crippen LogP contribution in [0.25, 0.3) is 21.0 Å². The zero-order valence-corrected chi connectivity index (χ0v) is 12.2. The molecule has 2 aromatic carbocycles. The molecule has 0 atom stereocenters. The van der Waals surface area contributed by atoms with E-state index in [4.69, 9.17) is 10.7 Å². The molecule has 3 rings (SSSR count). The maximum Gasteiger partial charge on any atom is 0.124 e. The van der Waals surface area contributed by atoms with Gasteiger partial charge in [-0.15, -0.1) is 11.3 Å². The number of anilines is 1. The molecule has 0 spiro atoms. The summed E-state index contributed by atoms with van der Waals surface area (Å²) >= 11 is 1.73. The fourth-order valence-corrected chi connectivity index (χ4v) is 3.36. The minimum atomic E-state index is 0.775. The molecule has 0 aliphatic carbocycles. The van der Waals surface area contributed by atoms with E-state index < -0.39 is 0 Å². The quantitative estimate of drug-likeness (QED) is 0.711. The van der Waals surface area contributed by atoms with E-state index in [0.717, 1.165) is 28.4 Å². The van der Waals surface area contributed by atoms with Gasteiger partial charge in [-0.1, -0.05) is 49.4 Å². The van der Waals surface area contributed by atoms with Crippen molar-refractivity contribution in [3.8, 4) is 21.0 Å². The van der Waals surface area contributed by atoms with Gasteiger partial charge in [0.05, 0.1) is 10.6 Å². The van der Waals surface area contributed by atoms with Crippen molar-refractivity contribution in [2.45, 2.75) is 13.3 Å². The van der Waals surface area contributed by atoms with Gasteiger partial charge in [0.2, 0.25) is 0 Å². The van der Waals surface area contributed by atoms with Crippen molar-refractivity contribution in [2.24, 2.45) is 0 Å². The first kappa shape index (κ1) is 12.9. The molecule has 1 aromatic heterocycles. The third-order valence-electron chi connectivity index (χ3n) is 3.20.